The van der Waals surface area contributed by atoms with Crippen LogP contribution >= 0.6 is 15.6 Å². The third-order valence-corrected chi connectivity index (χ3v) is 18.4. The van der Waals surface area contributed by atoms with Gasteiger partial charge in [-0.15, -0.1) is 0 Å². The summed E-state index contributed by atoms with van der Waals surface area (Å²) in [5, 5.41) is 10.6. The van der Waals surface area contributed by atoms with Gasteiger partial charge in [0.2, 0.25) is 0 Å². The molecule has 6 atom stereocenters. The highest BCUT2D eigenvalue weighted by Crippen LogP contribution is 2.45. The van der Waals surface area contributed by atoms with E-state index in [0.29, 0.717) is 25.7 Å². The fourth-order valence-corrected chi connectivity index (χ4v) is 12.1. The van der Waals surface area contributed by atoms with Crippen LogP contribution in [-0.4, -0.2) is 96.7 Å². The largest absolute Gasteiger partial charge is 0.472 e. The molecule has 528 valence electrons. The summed E-state index contributed by atoms with van der Waals surface area (Å²) < 4.78 is 68.3. The van der Waals surface area contributed by atoms with Crippen molar-refractivity contribution in [1.29, 1.82) is 0 Å². The van der Waals surface area contributed by atoms with Gasteiger partial charge in [-0.25, -0.2) is 9.13 Å². The average molecular weight is 1310 g/mol. The molecule has 0 radical (unpaired) electrons. The van der Waals surface area contributed by atoms with Crippen molar-refractivity contribution in [3.63, 3.8) is 0 Å². The molecule has 3 unspecified atom stereocenters. The first-order valence-electron chi connectivity index (χ1n) is 36.4. The Hall–Kier alpha value is -1.94. The van der Waals surface area contributed by atoms with E-state index in [1.54, 1.807) is 0 Å². The molecule has 0 heterocycles. The number of ether oxygens (including phenoxy) is 4. The number of phosphoric acid groups is 2. The second kappa shape index (κ2) is 61.0. The van der Waals surface area contributed by atoms with E-state index in [9.17, 15) is 43.2 Å². The molecule has 17 nitrogen and oxygen atoms in total. The number of phosphoric ester groups is 2. The number of aliphatic hydroxyl groups is 1. The summed E-state index contributed by atoms with van der Waals surface area (Å²) in [4.78, 5) is 72.5. The Labute approximate surface area is 543 Å². The fourth-order valence-electron chi connectivity index (χ4n) is 10.5. The lowest BCUT2D eigenvalue weighted by Crippen LogP contribution is -2.30. The number of carbonyl (C=O) groups excluding carboxylic acids is 4. The Morgan fingerprint density at radius 3 is 0.854 bits per heavy atom. The summed E-state index contributed by atoms with van der Waals surface area (Å²) in [7, 11) is -9.90. The number of aliphatic hydroxyl groups excluding tert-OH is 1. The standard InChI is InChI=1S/C70H136O17P2/c1-8-10-11-12-13-14-15-16-19-24-29-37-44-51-67(72)80-57-65(86-69(74)53-46-39-30-25-20-17-18-22-27-34-41-48-61(3)4)59-84-88(76,77)82-55-64(71)56-83-89(78,79)85-60-66(58-81-68(73)52-45-38-33-32-36-43-50-63(7)9-2)87-70(75)54-47-40-31-26-21-23-28-35-42-49-62(5)6/h61-66,71H,8-60H2,1-7H3,(H,76,77)(H,78,79)/t63?,64-,65-,66-/m1/s1. The van der Waals surface area contributed by atoms with Crippen molar-refractivity contribution >= 4 is 39.5 Å². The SMILES string of the molecule is CCCCCCCCCCCCCCCC(=O)OC[C@H](COP(=O)(O)OC[C@@H](O)COP(=O)(O)OC[C@@H](COC(=O)CCCCCCCCC(C)CC)OC(=O)CCCCCCCCCCCC(C)C)OC(=O)CCCCCCCCCCCCCC(C)C. The molecule has 0 aromatic heterocycles. The van der Waals surface area contributed by atoms with Crippen LogP contribution in [0.4, 0.5) is 0 Å². The van der Waals surface area contributed by atoms with Gasteiger partial charge in [0, 0.05) is 25.7 Å². The number of hydrogen-bond acceptors (Lipinski definition) is 15. The molecule has 0 saturated carbocycles. The smallest absolute Gasteiger partial charge is 0.462 e. The van der Waals surface area contributed by atoms with E-state index in [2.05, 4.69) is 48.5 Å². The molecular formula is C70H136O17P2. The van der Waals surface area contributed by atoms with Crippen LogP contribution < -0.4 is 0 Å². The topological polar surface area (TPSA) is 237 Å². The van der Waals surface area contributed by atoms with Crippen molar-refractivity contribution in [3.8, 4) is 0 Å². The molecule has 0 aliphatic rings. The molecule has 0 aliphatic carbocycles. The summed E-state index contributed by atoms with van der Waals surface area (Å²) in [5.41, 5.74) is 0. The normalized spacial score (nSPS) is 14.5. The summed E-state index contributed by atoms with van der Waals surface area (Å²) >= 11 is 0. The van der Waals surface area contributed by atoms with Crippen molar-refractivity contribution in [2.75, 3.05) is 39.6 Å². The Morgan fingerprint density at radius 1 is 0.326 bits per heavy atom. The predicted molar refractivity (Wildman–Crippen MR) is 358 cm³/mol. The number of hydrogen-bond donors (Lipinski definition) is 3. The number of rotatable bonds is 68. The van der Waals surface area contributed by atoms with Crippen LogP contribution in [0.1, 0.15) is 350 Å². The van der Waals surface area contributed by atoms with Crippen LogP contribution in [0.25, 0.3) is 0 Å². The van der Waals surface area contributed by atoms with Crippen molar-refractivity contribution in [1.82, 2.24) is 0 Å². The Morgan fingerprint density at radius 2 is 0.573 bits per heavy atom. The zero-order valence-corrected chi connectivity index (χ0v) is 59.7. The Bertz CT molecular complexity index is 1750. The van der Waals surface area contributed by atoms with Crippen LogP contribution in [0.3, 0.4) is 0 Å². The third-order valence-electron chi connectivity index (χ3n) is 16.5. The van der Waals surface area contributed by atoms with Crippen molar-refractivity contribution < 1.29 is 80.2 Å². The molecule has 89 heavy (non-hydrogen) atoms. The first kappa shape index (κ1) is 87.1. The molecule has 19 heteroatoms. The minimum atomic E-state index is -4.95. The maximum atomic E-state index is 13.0. The maximum absolute atomic E-state index is 13.0. The second-order valence-electron chi connectivity index (χ2n) is 26.5. The van der Waals surface area contributed by atoms with E-state index in [1.807, 2.05) is 0 Å². The first-order chi connectivity index (χ1) is 42.8. The van der Waals surface area contributed by atoms with Gasteiger partial charge >= 0.3 is 39.5 Å². The first-order valence-corrected chi connectivity index (χ1v) is 39.4. The summed E-state index contributed by atoms with van der Waals surface area (Å²) in [6.45, 7) is 11.8. The predicted octanol–water partition coefficient (Wildman–Crippen LogP) is 19.8. The zero-order chi connectivity index (χ0) is 65.9. The van der Waals surface area contributed by atoms with Crippen LogP contribution in [0, 0.1) is 17.8 Å². The number of unbranched alkanes of at least 4 members (excludes halogenated alkanes) is 35. The van der Waals surface area contributed by atoms with E-state index in [0.717, 1.165) is 114 Å². The molecule has 0 fully saturated rings. The molecule has 0 spiro atoms. The summed E-state index contributed by atoms with van der Waals surface area (Å²) in [6, 6.07) is 0. The van der Waals surface area contributed by atoms with Crippen molar-refractivity contribution in [3.05, 3.63) is 0 Å². The van der Waals surface area contributed by atoms with Gasteiger partial charge in [0.25, 0.3) is 0 Å². The van der Waals surface area contributed by atoms with E-state index in [1.165, 1.54) is 154 Å². The van der Waals surface area contributed by atoms with Gasteiger partial charge in [-0.3, -0.25) is 37.3 Å². The van der Waals surface area contributed by atoms with Crippen molar-refractivity contribution in [2.45, 2.75) is 369 Å². The van der Waals surface area contributed by atoms with Crippen LogP contribution in [-0.2, 0) is 65.4 Å². The third kappa shape index (κ3) is 63.2. The highest BCUT2D eigenvalue weighted by atomic mass is 31.2. The van der Waals surface area contributed by atoms with Gasteiger partial charge in [0.1, 0.15) is 19.3 Å². The molecule has 0 aromatic rings. The van der Waals surface area contributed by atoms with Gasteiger partial charge in [-0.1, -0.05) is 299 Å². The molecule has 3 N–H and O–H groups in total. The molecule has 0 aromatic carbocycles. The Balaban J connectivity index is 5.26. The van der Waals surface area contributed by atoms with Gasteiger partial charge in [0.05, 0.1) is 26.4 Å². The number of esters is 4. The maximum Gasteiger partial charge on any atom is 0.472 e. The van der Waals surface area contributed by atoms with E-state index in [-0.39, 0.29) is 25.7 Å². The lowest BCUT2D eigenvalue weighted by atomic mass is 10.00. The molecule has 0 rings (SSSR count). The van der Waals surface area contributed by atoms with Crippen LogP contribution in [0.15, 0.2) is 0 Å². The van der Waals surface area contributed by atoms with Gasteiger partial charge < -0.3 is 33.8 Å². The van der Waals surface area contributed by atoms with Crippen LogP contribution in [0.2, 0.25) is 0 Å². The van der Waals surface area contributed by atoms with Crippen LogP contribution in [0.5, 0.6) is 0 Å². The van der Waals surface area contributed by atoms with E-state index < -0.39 is 97.5 Å². The monoisotopic (exact) mass is 1310 g/mol. The lowest BCUT2D eigenvalue weighted by molar-refractivity contribution is -0.161. The second-order valence-corrected chi connectivity index (χ2v) is 29.4. The Kier molecular flexibility index (Phi) is 59.6. The van der Waals surface area contributed by atoms with E-state index in [4.69, 9.17) is 37.0 Å². The van der Waals surface area contributed by atoms with E-state index >= 15 is 0 Å². The molecule has 0 bridgehead atoms. The highest BCUT2D eigenvalue weighted by molar-refractivity contribution is 7.47. The van der Waals surface area contributed by atoms with Gasteiger partial charge in [-0.05, 0) is 43.4 Å². The fraction of sp³-hybridized carbons (Fsp3) is 0.943. The quantitative estimate of drug-likeness (QED) is 0.0222. The zero-order valence-electron chi connectivity index (χ0n) is 57.9. The van der Waals surface area contributed by atoms with Crippen molar-refractivity contribution in [2.24, 2.45) is 17.8 Å². The summed E-state index contributed by atoms with van der Waals surface area (Å²) in [5.74, 6) is 0.106. The highest BCUT2D eigenvalue weighted by Gasteiger charge is 2.30. The molecular weight excluding hydrogens is 1170 g/mol. The summed E-state index contributed by atoms with van der Waals surface area (Å²) in [6.07, 6.45) is 44.4. The minimum Gasteiger partial charge on any atom is -0.462 e. The molecule has 0 amide bonds. The molecule has 0 saturated heterocycles. The van der Waals surface area contributed by atoms with Gasteiger partial charge in [-0.2, -0.15) is 0 Å². The average Bonchev–Trinajstić information content (AvgIpc) is 3.70. The minimum absolute atomic E-state index is 0.104. The van der Waals surface area contributed by atoms with Gasteiger partial charge in [0.15, 0.2) is 12.2 Å². The molecule has 0 aliphatic heterocycles. The number of carbonyl (C=O) groups is 4. The lowest BCUT2D eigenvalue weighted by Gasteiger charge is -2.21.